The van der Waals surface area contributed by atoms with E-state index in [4.69, 9.17) is 28.2 Å². The van der Waals surface area contributed by atoms with E-state index >= 15 is 0 Å². The summed E-state index contributed by atoms with van der Waals surface area (Å²) >= 11 is 12.6. The molecular weight excluding hydrogens is 303 g/mol. The van der Waals surface area contributed by atoms with Gasteiger partial charge in [0.05, 0.1) is 16.4 Å². The van der Waals surface area contributed by atoms with Crippen LogP contribution in [0.2, 0.25) is 5.02 Å². The van der Waals surface area contributed by atoms with E-state index in [0.29, 0.717) is 11.5 Å². The van der Waals surface area contributed by atoms with Crippen LogP contribution in [-0.2, 0) is 0 Å². The van der Waals surface area contributed by atoms with Crippen LogP contribution in [0.1, 0.15) is 63.7 Å². The Morgan fingerprint density at radius 3 is 2.57 bits per heavy atom. The number of alkyl halides is 1. The summed E-state index contributed by atoms with van der Waals surface area (Å²) in [5, 5.41) is 0.666. The Morgan fingerprint density at radius 2 is 1.95 bits per heavy atom. The molecule has 0 N–H and O–H groups in total. The molecule has 1 heterocycles. The van der Waals surface area contributed by atoms with Crippen LogP contribution in [0.4, 0.5) is 0 Å². The molecule has 1 aromatic heterocycles. The normalized spacial score (nSPS) is 20.8. The molecule has 0 spiro atoms. The third-order valence-electron chi connectivity index (χ3n) is 4.71. The Morgan fingerprint density at radius 1 is 1.29 bits per heavy atom. The molecule has 2 nitrogen and oxygen atoms in total. The Bertz CT molecular complexity index is 648. The van der Waals surface area contributed by atoms with Crippen LogP contribution in [0.3, 0.4) is 0 Å². The topological polar surface area (TPSA) is 17.8 Å². The molecule has 0 aliphatic heterocycles. The van der Waals surface area contributed by atoms with Crippen molar-refractivity contribution < 1.29 is 0 Å². The average Bonchev–Trinajstić information content (AvgIpc) is 2.78. The van der Waals surface area contributed by atoms with E-state index in [1.165, 1.54) is 25.7 Å². The number of benzene rings is 1. The molecule has 2 aromatic rings. The smallest absolute Gasteiger partial charge is 0.127 e. The van der Waals surface area contributed by atoms with E-state index in [0.717, 1.165) is 21.9 Å². The summed E-state index contributed by atoms with van der Waals surface area (Å²) in [4.78, 5) is 4.74. The average molecular weight is 325 g/mol. The van der Waals surface area contributed by atoms with E-state index in [-0.39, 0.29) is 5.38 Å². The van der Waals surface area contributed by atoms with Gasteiger partial charge < -0.3 is 4.57 Å². The quantitative estimate of drug-likeness (QED) is 0.607. The first-order valence-corrected chi connectivity index (χ1v) is 8.50. The van der Waals surface area contributed by atoms with Crippen LogP contribution in [-0.4, -0.2) is 9.55 Å². The van der Waals surface area contributed by atoms with Gasteiger partial charge in [0, 0.05) is 11.1 Å². The van der Waals surface area contributed by atoms with Gasteiger partial charge in [-0.3, -0.25) is 0 Å². The van der Waals surface area contributed by atoms with Crippen molar-refractivity contribution in [3.05, 3.63) is 29.0 Å². The van der Waals surface area contributed by atoms with Crippen molar-refractivity contribution in [3.63, 3.8) is 0 Å². The van der Waals surface area contributed by atoms with Crippen molar-refractivity contribution in [3.8, 4) is 0 Å². The fourth-order valence-electron chi connectivity index (χ4n) is 3.39. The lowest BCUT2D eigenvalue weighted by atomic mass is 9.75. The third-order valence-corrected chi connectivity index (χ3v) is 5.14. The minimum absolute atomic E-state index is 0.0916. The van der Waals surface area contributed by atoms with Crippen molar-refractivity contribution in [1.29, 1.82) is 0 Å². The summed E-state index contributed by atoms with van der Waals surface area (Å²) in [6.45, 7) is 6.71. The van der Waals surface area contributed by atoms with Crippen molar-refractivity contribution in [1.82, 2.24) is 9.55 Å². The van der Waals surface area contributed by atoms with Gasteiger partial charge in [0.1, 0.15) is 5.82 Å². The summed E-state index contributed by atoms with van der Waals surface area (Å²) in [5.74, 6) is 0.971. The van der Waals surface area contributed by atoms with Crippen LogP contribution >= 0.6 is 23.2 Å². The molecule has 1 aliphatic carbocycles. The maximum atomic E-state index is 6.38. The lowest BCUT2D eigenvalue weighted by molar-refractivity contribution is 0.194. The Hall–Kier alpha value is -0.730. The van der Waals surface area contributed by atoms with Gasteiger partial charge in [-0.15, -0.1) is 11.6 Å². The summed E-state index contributed by atoms with van der Waals surface area (Å²) in [6.07, 6.45) is 4.85. The number of nitrogens with zero attached hydrogens (tertiary/aromatic N) is 2. The van der Waals surface area contributed by atoms with E-state index in [9.17, 15) is 0 Å². The van der Waals surface area contributed by atoms with Gasteiger partial charge in [0.15, 0.2) is 0 Å². The Balaban J connectivity index is 2.07. The lowest BCUT2D eigenvalue weighted by Gasteiger charge is -2.36. The predicted molar refractivity (Wildman–Crippen MR) is 90.3 cm³/mol. The van der Waals surface area contributed by atoms with Gasteiger partial charge in [-0.25, -0.2) is 4.98 Å². The predicted octanol–water partition coefficient (Wildman–Crippen LogP) is 6.13. The fraction of sp³-hybridized carbons (Fsp3) is 0.588. The molecule has 21 heavy (non-hydrogen) atoms. The molecule has 0 bridgehead atoms. The molecule has 1 aromatic carbocycles. The molecule has 4 heteroatoms. The third kappa shape index (κ3) is 2.93. The van der Waals surface area contributed by atoms with E-state index in [2.05, 4.69) is 18.4 Å². The minimum Gasteiger partial charge on any atom is -0.324 e. The molecule has 3 rings (SSSR count). The number of hydrogen-bond donors (Lipinski definition) is 0. The summed E-state index contributed by atoms with van der Waals surface area (Å²) in [5.41, 5.74) is 2.57. The second-order valence-corrected chi connectivity index (χ2v) is 8.08. The van der Waals surface area contributed by atoms with E-state index in [1.807, 2.05) is 25.1 Å². The fourth-order valence-corrected chi connectivity index (χ4v) is 3.71. The zero-order valence-corrected chi connectivity index (χ0v) is 14.4. The largest absolute Gasteiger partial charge is 0.324 e. The lowest BCUT2D eigenvalue weighted by Crippen LogP contribution is -2.24. The molecule has 1 aliphatic rings. The number of halogens is 2. The first-order valence-electron chi connectivity index (χ1n) is 7.69. The van der Waals surface area contributed by atoms with Gasteiger partial charge in [0.25, 0.3) is 0 Å². The van der Waals surface area contributed by atoms with Crippen LogP contribution in [0, 0.1) is 5.41 Å². The van der Waals surface area contributed by atoms with Crippen LogP contribution in [0.15, 0.2) is 18.2 Å². The molecule has 1 fully saturated rings. The highest BCUT2D eigenvalue weighted by atomic mass is 35.5. The molecule has 1 unspecified atom stereocenters. The van der Waals surface area contributed by atoms with Crippen LogP contribution < -0.4 is 0 Å². The van der Waals surface area contributed by atoms with Crippen molar-refractivity contribution in [2.24, 2.45) is 5.41 Å². The summed E-state index contributed by atoms with van der Waals surface area (Å²) in [6, 6.07) is 6.39. The van der Waals surface area contributed by atoms with Gasteiger partial charge in [0.2, 0.25) is 0 Å². The van der Waals surface area contributed by atoms with Crippen molar-refractivity contribution in [2.75, 3.05) is 0 Å². The van der Waals surface area contributed by atoms with Crippen LogP contribution in [0.25, 0.3) is 11.0 Å². The SMILES string of the molecule is CC(Cl)c1nc2ccc(Cl)cc2n1C1CCC(C)(C)CC1. The number of fused-ring (bicyclic) bond motifs is 1. The van der Waals surface area contributed by atoms with Gasteiger partial charge in [-0.05, 0) is 56.2 Å². The van der Waals surface area contributed by atoms with Gasteiger partial charge in [-0.1, -0.05) is 25.4 Å². The first kappa shape index (κ1) is 15.2. The molecule has 0 saturated heterocycles. The van der Waals surface area contributed by atoms with Gasteiger partial charge >= 0.3 is 0 Å². The molecule has 114 valence electrons. The number of aromatic nitrogens is 2. The second kappa shape index (κ2) is 5.48. The zero-order valence-electron chi connectivity index (χ0n) is 12.9. The number of hydrogen-bond acceptors (Lipinski definition) is 1. The highest BCUT2D eigenvalue weighted by Crippen LogP contribution is 2.42. The van der Waals surface area contributed by atoms with Crippen molar-refractivity contribution in [2.45, 2.75) is 57.9 Å². The maximum absolute atomic E-state index is 6.38. The maximum Gasteiger partial charge on any atom is 0.127 e. The Kier molecular flexibility index (Phi) is 3.96. The molecule has 0 amide bonds. The highest BCUT2D eigenvalue weighted by molar-refractivity contribution is 6.31. The zero-order chi connectivity index (χ0) is 15.2. The van der Waals surface area contributed by atoms with E-state index < -0.39 is 0 Å². The Labute approximate surface area is 136 Å². The highest BCUT2D eigenvalue weighted by Gasteiger charge is 2.30. The molecule has 1 atom stereocenters. The molecule has 0 radical (unpaired) electrons. The minimum atomic E-state index is -0.0916. The van der Waals surface area contributed by atoms with E-state index in [1.54, 1.807) is 0 Å². The second-order valence-electron chi connectivity index (χ2n) is 6.98. The number of imidazole rings is 1. The van der Waals surface area contributed by atoms with Crippen molar-refractivity contribution >= 4 is 34.2 Å². The molecular formula is C17H22Cl2N2. The number of rotatable bonds is 2. The van der Waals surface area contributed by atoms with Crippen LogP contribution in [0.5, 0.6) is 0 Å². The molecule has 1 saturated carbocycles. The monoisotopic (exact) mass is 324 g/mol. The summed E-state index contributed by atoms with van der Waals surface area (Å²) in [7, 11) is 0. The standard InChI is InChI=1S/C17H22Cl2N2/c1-11(18)16-20-14-5-4-12(19)10-15(14)21(16)13-6-8-17(2,3)9-7-13/h4-5,10-11,13H,6-9H2,1-3H3. The van der Waals surface area contributed by atoms with Gasteiger partial charge in [-0.2, -0.15) is 0 Å². The first-order chi connectivity index (χ1) is 9.87. The summed E-state index contributed by atoms with van der Waals surface area (Å²) < 4.78 is 2.34.